The van der Waals surface area contributed by atoms with E-state index < -0.39 is 0 Å². The van der Waals surface area contributed by atoms with Crippen molar-refractivity contribution in [2.75, 3.05) is 26.2 Å². The highest BCUT2D eigenvalue weighted by Crippen LogP contribution is 2.31. The van der Waals surface area contributed by atoms with Crippen molar-refractivity contribution in [1.82, 2.24) is 9.80 Å². The molecule has 0 spiro atoms. The number of piperidine rings is 1. The Morgan fingerprint density at radius 3 is 2.50 bits per heavy atom. The Bertz CT molecular complexity index is 629. The number of benzene rings is 1. The second kappa shape index (κ2) is 6.32. The molecule has 3 saturated heterocycles. The lowest BCUT2D eigenvalue weighted by Gasteiger charge is -2.31. The Morgan fingerprint density at radius 2 is 1.73 bits per heavy atom. The van der Waals surface area contributed by atoms with Crippen molar-refractivity contribution >= 4 is 22.9 Å². The maximum atomic E-state index is 5.98. The molecule has 0 saturated carbocycles. The van der Waals surface area contributed by atoms with Crippen LogP contribution in [0, 0.1) is 0 Å². The van der Waals surface area contributed by atoms with Gasteiger partial charge >= 0.3 is 0 Å². The molecule has 1 aromatic heterocycles. The van der Waals surface area contributed by atoms with Gasteiger partial charge in [-0.3, -0.25) is 4.90 Å². The first-order valence-electron chi connectivity index (χ1n) is 8.09. The van der Waals surface area contributed by atoms with Gasteiger partial charge in [0.05, 0.1) is 0 Å². The molecule has 5 rings (SSSR count). The molecule has 116 valence electrons. The first-order chi connectivity index (χ1) is 10.8. The summed E-state index contributed by atoms with van der Waals surface area (Å²) < 4.78 is 0. The van der Waals surface area contributed by atoms with E-state index >= 15 is 0 Å². The predicted molar refractivity (Wildman–Crippen MR) is 94.6 cm³/mol. The molecular formula is C18H21ClN2S. The fourth-order valence-electron chi connectivity index (χ4n) is 3.60. The number of fused-ring (bicyclic) bond motifs is 4. The molecule has 2 bridgehead atoms. The lowest BCUT2D eigenvalue weighted by atomic mass is 10.1. The highest BCUT2D eigenvalue weighted by atomic mass is 35.5. The Balaban J connectivity index is 1.48. The molecule has 0 radical (unpaired) electrons. The van der Waals surface area contributed by atoms with Gasteiger partial charge in [0.15, 0.2) is 0 Å². The topological polar surface area (TPSA) is 6.48 Å². The predicted octanol–water partition coefficient (Wildman–Crippen LogP) is 4.35. The van der Waals surface area contributed by atoms with Crippen LogP contribution in [0.25, 0.3) is 10.4 Å². The van der Waals surface area contributed by atoms with E-state index in [2.05, 4.69) is 34.1 Å². The molecule has 3 aliphatic heterocycles. The van der Waals surface area contributed by atoms with E-state index in [1.54, 1.807) is 0 Å². The maximum absolute atomic E-state index is 5.98. The third-order valence-corrected chi connectivity index (χ3v) is 6.30. The molecule has 22 heavy (non-hydrogen) atoms. The fraction of sp³-hybridized carbons (Fsp3) is 0.444. The third-order valence-electron chi connectivity index (χ3n) is 4.93. The largest absolute Gasteiger partial charge is 0.302 e. The van der Waals surface area contributed by atoms with Crippen LogP contribution in [0.1, 0.15) is 17.7 Å². The van der Waals surface area contributed by atoms with Gasteiger partial charge in [-0.15, -0.1) is 11.3 Å². The minimum atomic E-state index is 0.792. The van der Waals surface area contributed by atoms with Crippen LogP contribution >= 0.6 is 22.9 Å². The summed E-state index contributed by atoms with van der Waals surface area (Å²) in [6, 6.07) is 13.5. The summed E-state index contributed by atoms with van der Waals surface area (Å²) in [5.74, 6) is 0. The molecular weight excluding hydrogens is 312 g/mol. The summed E-state index contributed by atoms with van der Waals surface area (Å²) in [7, 11) is 0. The Hall–Kier alpha value is -0.870. The van der Waals surface area contributed by atoms with Crippen LogP contribution < -0.4 is 0 Å². The molecule has 1 aromatic carbocycles. The van der Waals surface area contributed by atoms with Crippen LogP contribution in [0.2, 0.25) is 5.02 Å². The normalized spacial score (nSPS) is 25.3. The lowest BCUT2D eigenvalue weighted by Crippen LogP contribution is -2.37. The Kier molecular flexibility index (Phi) is 4.23. The summed E-state index contributed by atoms with van der Waals surface area (Å²) in [4.78, 5) is 8.13. The molecule has 3 fully saturated rings. The molecule has 0 aliphatic carbocycles. The molecule has 0 amide bonds. The molecule has 0 unspecified atom stereocenters. The van der Waals surface area contributed by atoms with E-state index in [1.165, 1.54) is 54.3 Å². The molecule has 0 N–H and O–H groups in total. The number of hydrogen-bond acceptors (Lipinski definition) is 3. The highest BCUT2D eigenvalue weighted by molar-refractivity contribution is 7.15. The van der Waals surface area contributed by atoms with E-state index in [9.17, 15) is 0 Å². The van der Waals surface area contributed by atoms with E-state index in [-0.39, 0.29) is 0 Å². The summed E-state index contributed by atoms with van der Waals surface area (Å²) in [5.41, 5.74) is 1.27. The number of thiophene rings is 1. The smallest absolute Gasteiger partial charge is 0.0406 e. The van der Waals surface area contributed by atoms with Crippen molar-refractivity contribution in [2.45, 2.75) is 25.4 Å². The van der Waals surface area contributed by atoms with Crippen LogP contribution in [0.3, 0.4) is 0 Å². The average Bonchev–Trinajstić information content (AvgIpc) is 2.83. The van der Waals surface area contributed by atoms with Gasteiger partial charge in [0.25, 0.3) is 0 Å². The average molecular weight is 333 g/mol. The third kappa shape index (κ3) is 3.09. The zero-order chi connectivity index (χ0) is 14.9. The van der Waals surface area contributed by atoms with Crippen molar-refractivity contribution in [3.8, 4) is 10.4 Å². The van der Waals surface area contributed by atoms with E-state index in [0.717, 1.165) is 17.6 Å². The summed E-state index contributed by atoms with van der Waals surface area (Å²) in [6.45, 7) is 6.16. The molecule has 2 nitrogen and oxygen atoms in total. The summed E-state index contributed by atoms with van der Waals surface area (Å²) in [5, 5.41) is 0.802. The van der Waals surface area contributed by atoms with Crippen LogP contribution in [0.5, 0.6) is 0 Å². The van der Waals surface area contributed by atoms with Crippen molar-refractivity contribution in [2.24, 2.45) is 0 Å². The molecule has 4 heteroatoms. The number of nitrogens with zero attached hydrogens (tertiary/aromatic N) is 2. The zero-order valence-electron chi connectivity index (χ0n) is 12.7. The molecule has 2 aromatic rings. The van der Waals surface area contributed by atoms with Crippen LogP contribution in [0.15, 0.2) is 36.4 Å². The maximum Gasteiger partial charge on any atom is 0.0406 e. The van der Waals surface area contributed by atoms with Gasteiger partial charge in [-0.25, -0.2) is 0 Å². The molecule has 4 heterocycles. The monoisotopic (exact) mass is 332 g/mol. The molecule has 0 atom stereocenters. The van der Waals surface area contributed by atoms with Gasteiger partial charge in [-0.2, -0.15) is 0 Å². The van der Waals surface area contributed by atoms with Gasteiger partial charge < -0.3 is 4.90 Å². The van der Waals surface area contributed by atoms with Crippen LogP contribution in [0.4, 0.5) is 0 Å². The summed E-state index contributed by atoms with van der Waals surface area (Å²) >= 11 is 7.90. The SMILES string of the molecule is Clc1ccc(-c2ccc(CN3CCN4CCC3CC4)s2)cc1. The second-order valence-electron chi connectivity index (χ2n) is 6.32. The number of hydrogen-bond donors (Lipinski definition) is 0. The Morgan fingerprint density at radius 1 is 0.955 bits per heavy atom. The number of rotatable bonds is 3. The highest BCUT2D eigenvalue weighted by Gasteiger charge is 2.28. The van der Waals surface area contributed by atoms with E-state index in [0.29, 0.717) is 0 Å². The van der Waals surface area contributed by atoms with Gasteiger partial charge in [0.2, 0.25) is 0 Å². The van der Waals surface area contributed by atoms with Crippen molar-refractivity contribution in [3.05, 3.63) is 46.3 Å². The first kappa shape index (κ1) is 14.7. The standard InChI is InChI=1S/C18H21ClN2S/c19-15-3-1-14(2-4-15)18-6-5-17(22-18)13-21-12-11-20-9-7-16(21)8-10-20/h1-6,16H,7-13H2. The quantitative estimate of drug-likeness (QED) is 0.824. The van der Waals surface area contributed by atoms with Crippen molar-refractivity contribution < 1.29 is 0 Å². The van der Waals surface area contributed by atoms with E-state index in [4.69, 9.17) is 11.6 Å². The van der Waals surface area contributed by atoms with Gasteiger partial charge in [-0.1, -0.05) is 23.7 Å². The minimum absolute atomic E-state index is 0.792. The zero-order valence-corrected chi connectivity index (χ0v) is 14.2. The fourth-order valence-corrected chi connectivity index (χ4v) is 4.77. The van der Waals surface area contributed by atoms with E-state index in [1.807, 2.05) is 23.5 Å². The Labute approximate surface area is 141 Å². The van der Waals surface area contributed by atoms with Crippen LogP contribution in [-0.2, 0) is 6.54 Å². The molecule has 3 aliphatic rings. The lowest BCUT2D eigenvalue weighted by molar-refractivity contribution is 0.178. The van der Waals surface area contributed by atoms with Crippen molar-refractivity contribution in [3.63, 3.8) is 0 Å². The summed E-state index contributed by atoms with van der Waals surface area (Å²) in [6.07, 6.45) is 2.69. The number of halogens is 1. The van der Waals surface area contributed by atoms with Gasteiger partial charge in [0, 0.05) is 40.5 Å². The first-order valence-corrected chi connectivity index (χ1v) is 9.28. The second-order valence-corrected chi connectivity index (χ2v) is 7.92. The van der Waals surface area contributed by atoms with Gasteiger partial charge in [0.1, 0.15) is 0 Å². The van der Waals surface area contributed by atoms with Crippen molar-refractivity contribution in [1.29, 1.82) is 0 Å². The van der Waals surface area contributed by atoms with Crippen LogP contribution in [-0.4, -0.2) is 42.0 Å². The van der Waals surface area contributed by atoms with Gasteiger partial charge in [-0.05, 0) is 55.8 Å². The minimum Gasteiger partial charge on any atom is -0.302 e.